The lowest BCUT2D eigenvalue weighted by molar-refractivity contribution is -0.146. The van der Waals surface area contributed by atoms with Gasteiger partial charge in [-0.15, -0.1) is 0 Å². The molecule has 0 spiro atoms. The van der Waals surface area contributed by atoms with Gasteiger partial charge < -0.3 is 31.3 Å². The third-order valence-corrected chi connectivity index (χ3v) is 1.55. The van der Waals surface area contributed by atoms with Crippen LogP contribution in [0.25, 0.3) is 0 Å². The van der Waals surface area contributed by atoms with Crippen molar-refractivity contribution in [2.24, 2.45) is 5.73 Å². The van der Waals surface area contributed by atoms with Crippen LogP contribution < -0.4 is 5.73 Å². The predicted molar refractivity (Wildman–Crippen MR) is 40.3 cm³/mol. The molecular weight excluding hydrogens is 182 g/mol. The molecule has 0 radical (unpaired) electrons. The largest absolute Gasteiger partial charge is 0.394 e. The summed E-state index contributed by atoms with van der Waals surface area (Å²) >= 11 is 0. The molecule has 0 rings (SSSR count). The minimum Gasteiger partial charge on any atom is -0.394 e. The number of hydrogen-bond acceptors (Lipinski definition) is 6. The summed E-state index contributed by atoms with van der Waals surface area (Å²) in [5, 5.41) is 44.0. The van der Waals surface area contributed by atoms with E-state index in [4.69, 9.17) is 25.5 Å². The first-order valence-electron chi connectivity index (χ1n) is 3.54. The fourth-order valence-corrected chi connectivity index (χ4v) is 0.691. The van der Waals surface area contributed by atoms with E-state index in [0.717, 1.165) is 0 Å². The highest BCUT2D eigenvalue weighted by atomic mass is 16.4. The number of aliphatic hydroxyl groups is 5. The number of aliphatic hydroxyl groups excluding tert-OH is 5. The zero-order chi connectivity index (χ0) is 10.6. The second-order valence-electron chi connectivity index (χ2n) is 2.58. The molecule has 0 bridgehead atoms. The van der Waals surface area contributed by atoms with E-state index in [-0.39, 0.29) is 0 Å². The molecule has 7 heteroatoms. The Morgan fingerprint density at radius 3 is 1.92 bits per heavy atom. The summed E-state index contributed by atoms with van der Waals surface area (Å²) in [7, 11) is 0. The van der Waals surface area contributed by atoms with Gasteiger partial charge in [0.15, 0.2) is 6.10 Å². The van der Waals surface area contributed by atoms with Crippen molar-refractivity contribution in [3.8, 4) is 0 Å². The number of amides is 1. The average Bonchev–Trinajstić information content (AvgIpc) is 2.12. The van der Waals surface area contributed by atoms with Gasteiger partial charge in [0, 0.05) is 0 Å². The lowest BCUT2D eigenvalue weighted by Crippen LogP contribution is -2.50. The molecule has 0 aliphatic heterocycles. The van der Waals surface area contributed by atoms with Crippen LogP contribution in [0.5, 0.6) is 0 Å². The second kappa shape index (κ2) is 5.10. The molecule has 0 saturated heterocycles. The highest BCUT2D eigenvalue weighted by molar-refractivity contribution is 5.79. The summed E-state index contributed by atoms with van der Waals surface area (Å²) in [4.78, 5) is 10.3. The maximum Gasteiger partial charge on any atom is 0.249 e. The van der Waals surface area contributed by atoms with Crippen molar-refractivity contribution in [2.75, 3.05) is 6.61 Å². The Labute approximate surface area is 74.0 Å². The molecule has 0 heterocycles. The maximum atomic E-state index is 10.3. The van der Waals surface area contributed by atoms with Crippen LogP contribution in [-0.2, 0) is 4.79 Å². The highest BCUT2D eigenvalue weighted by Gasteiger charge is 2.32. The Morgan fingerprint density at radius 2 is 1.62 bits per heavy atom. The van der Waals surface area contributed by atoms with Crippen molar-refractivity contribution >= 4 is 5.91 Å². The lowest BCUT2D eigenvalue weighted by Gasteiger charge is -2.23. The van der Waals surface area contributed by atoms with Crippen LogP contribution in [0.15, 0.2) is 0 Å². The van der Waals surface area contributed by atoms with Gasteiger partial charge in [0.05, 0.1) is 6.61 Å². The first-order chi connectivity index (χ1) is 5.91. The first-order valence-corrected chi connectivity index (χ1v) is 3.54. The molecule has 13 heavy (non-hydrogen) atoms. The van der Waals surface area contributed by atoms with Crippen molar-refractivity contribution < 1.29 is 30.3 Å². The van der Waals surface area contributed by atoms with Crippen molar-refractivity contribution in [1.82, 2.24) is 0 Å². The van der Waals surface area contributed by atoms with Gasteiger partial charge in [-0.05, 0) is 0 Å². The molecule has 78 valence electrons. The number of primary amides is 1. The van der Waals surface area contributed by atoms with Gasteiger partial charge in [-0.1, -0.05) is 0 Å². The summed E-state index contributed by atoms with van der Waals surface area (Å²) in [5.41, 5.74) is 4.61. The molecule has 0 aromatic carbocycles. The normalized spacial score (nSPS) is 20.4. The van der Waals surface area contributed by atoms with E-state index in [2.05, 4.69) is 5.73 Å². The van der Waals surface area contributed by atoms with E-state index in [9.17, 15) is 4.79 Å². The van der Waals surface area contributed by atoms with E-state index in [0.29, 0.717) is 0 Å². The molecule has 0 unspecified atom stereocenters. The topological polar surface area (TPSA) is 144 Å². The number of carbonyl (C=O) groups excluding carboxylic acids is 1. The third-order valence-electron chi connectivity index (χ3n) is 1.55. The molecule has 4 atom stereocenters. The molecule has 0 fully saturated rings. The SMILES string of the molecule is NC(=O)[C@@H](O)[C@H](O)[C@H](O)[C@H](O)CO. The van der Waals surface area contributed by atoms with Gasteiger partial charge in [-0.2, -0.15) is 0 Å². The Kier molecular flexibility index (Phi) is 4.81. The van der Waals surface area contributed by atoms with E-state index in [1.807, 2.05) is 0 Å². The van der Waals surface area contributed by atoms with Crippen molar-refractivity contribution in [3.05, 3.63) is 0 Å². The van der Waals surface area contributed by atoms with Crippen molar-refractivity contribution in [2.45, 2.75) is 24.4 Å². The van der Waals surface area contributed by atoms with Crippen LogP contribution in [0, 0.1) is 0 Å². The highest BCUT2D eigenvalue weighted by Crippen LogP contribution is 2.04. The molecule has 1 amide bonds. The van der Waals surface area contributed by atoms with Crippen LogP contribution in [-0.4, -0.2) is 62.5 Å². The Hall–Kier alpha value is -0.730. The Morgan fingerprint density at radius 1 is 1.15 bits per heavy atom. The van der Waals surface area contributed by atoms with Crippen LogP contribution >= 0.6 is 0 Å². The van der Waals surface area contributed by atoms with Crippen molar-refractivity contribution in [1.29, 1.82) is 0 Å². The summed E-state index contributed by atoms with van der Waals surface area (Å²) in [6.07, 6.45) is -7.35. The molecular formula is C6H13NO6. The minimum atomic E-state index is -1.98. The predicted octanol–water partition coefficient (Wildman–Crippen LogP) is -4.09. The quantitative estimate of drug-likeness (QED) is 0.263. The number of rotatable bonds is 5. The third kappa shape index (κ3) is 3.25. The Balaban J connectivity index is 4.24. The average molecular weight is 195 g/mol. The molecule has 0 aliphatic carbocycles. The molecule has 0 saturated carbocycles. The molecule has 0 aromatic heterocycles. The minimum absolute atomic E-state index is 0.802. The van der Waals surface area contributed by atoms with Crippen molar-refractivity contribution in [3.63, 3.8) is 0 Å². The van der Waals surface area contributed by atoms with E-state index in [1.165, 1.54) is 0 Å². The van der Waals surface area contributed by atoms with Crippen LogP contribution in [0.1, 0.15) is 0 Å². The van der Waals surface area contributed by atoms with Gasteiger partial charge in [-0.25, -0.2) is 0 Å². The lowest BCUT2D eigenvalue weighted by atomic mass is 10.0. The molecule has 7 N–H and O–H groups in total. The monoisotopic (exact) mass is 195 g/mol. The van der Waals surface area contributed by atoms with Crippen LogP contribution in [0.3, 0.4) is 0 Å². The Bertz CT molecular complexity index is 175. The summed E-state index contributed by atoms with van der Waals surface area (Å²) in [6.45, 7) is -0.802. The first kappa shape index (κ1) is 12.3. The zero-order valence-corrected chi connectivity index (χ0v) is 6.74. The standard InChI is InChI=1S/C6H13NO6/c7-6(13)5(12)4(11)3(10)2(9)1-8/h2-5,8-12H,1H2,(H2,7,13)/t2-,3-,4-,5+/m1/s1. The molecule has 7 nitrogen and oxygen atoms in total. The maximum absolute atomic E-state index is 10.3. The summed E-state index contributed by atoms with van der Waals surface area (Å²) in [6, 6.07) is 0. The number of carbonyl (C=O) groups is 1. The zero-order valence-electron chi connectivity index (χ0n) is 6.74. The number of nitrogens with two attached hydrogens (primary N) is 1. The number of hydrogen-bond donors (Lipinski definition) is 6. The van der Waals surface area contributed by atoms with Gasteiger partial charge in [0.2, 0.25) is 5.91 Å². The van der Waals surface area contributed by atoms with Gasteiger partial charge >= 0.3 is 0 Å². The van der Waals surface area contributed by atoms with E-state index >= 15 is 0 Å². The smallest absolute Gasteiger partial charge is 0.249 e. The second-order valence-corrected chi connectivity index (χ2v) is 2.58. The van der Waals surface area contributed by atoms with E-state index in [1.54, 1.807) is 0 Å². The van der Waals surface area contributed by atoms with Gasteiger partial charge in [0.1, 0.15) is 18.3 Å². The summed E-state index contributed by atoms with van der Waals surface area (Å²) in [5.74, 6) is -1.23. The molecule has 0 aromatic rings. The van der Waals surface area contributed by atoms with Gasteiger partial charge in [-0.3, -0.25) is 4.79 Å². The van der Waals surface area contributed by atoms with Crippen LogP contribution in [0.2, 0.25) is 0 Å². The fraction of sp³-hybridized carbons (Fsp3) is 0.833. The van der Waals surface area contributed by atoms with Gasteiger partial charge in [0.25, 0.3) is 0 Å². The van der Waals surface area contributed by atoms with Crippen LogP contribution in [0.4, 0.5) is 0 Å². The summed E-state index contributed by atoms with van der Waals surface area (Å²) < 4.78 is 0. The fourth-order valence-electron chi connectivity index (χ4n) is 0.691. The molecule has 0 aliphatic rings. The van der Waals surface area contributed by atoms with E-state index < -0.39 is 36.9 Å².